The lowest BCUT2D eigenvalue weighted by atomic mass is 10.2. The van der Waals surface area contributed by atoms with Gasteiger partial charge in [0.25, 0.3) is 10.0 Å². The fourth-order valence-corrected chi connectivity index (χ4v) is 4.89. The van der Waals surface area contributed by atoms with Crippen molar-refractivity contribution in [2.75, 3.05) is 10.8 Å². The average molecular weight is 359 g/mol. The van der Waals surface area contributed by atoms with Gasteiger partial charge in [-0.15, -0.1) is 11.3 Å². The Kier molecular flexibility index (Phi) is 5.14. The SMILES string of the molecule is Cc1csc(S(=O)(=O)N(CC(C)C)c2ccc(C)c(Cl)c2)n1. The summed E-state index contributed by atoms with van der Waals surface area (Å²) in [5, 5.41) is 2.29. The second-order valence-electron chi connectivity index (χ2n) is 5.62. The summed E-state index contributed by atoms with van der Waals surface area (Å²) in [5.74, 6) is 0.177. The molecule has 2 aromatic rings. The first kappa shape index (κ1) is 17.2. The maximum absolute atomic E-state index is 12.9. The van der Waals surface area contributed by atoms with Gasteiger partial charge >= 0.3 is 0 Å². The van der Waals surface area contributed by atoms with E-state index in [0.29, 0.717) is 22.9 Å². The van der Waals surface area contributed by atoms with E-state index in [0.717, 1.165) is 16.9 Å². The molecule has 1 aromatic heterocycles. The molecule has 0 fully saturated rings. The molecule has 22 heavy (non-hydrogen) atoms. The minimum Gasteiger partial charge on any atom is -0.264 e. The Labute approximate surface area is 140 Å². The Balaban J connectivity index is 2.52. The standard InChI is InChI=1S/C15H19ClN2O2S2/c1-10(2)8-18(13-6-5-11(3)14(16)7-13)22(19,20)15-17-12(4)9-21-15/h5-7,9-10H,8H2,1-4H3. The minimum absolute atomic E-state index is 0.113. The molecule has 0 bridgehead atoms. The third kappa shape index (κ3) is 3.62. The number of halogens is 1. The van der Waals surface area contributed by atoms with Crippen molar-refractivity contribution in [1.29, 1.82) is 0 Å². The molecule has 0 spiro atoms. The number of sulfonamides is 1. The lowest BCUT2D eigenvalue weighted by Gasteiger charge is -2.25. The van der Waals surface area contributed by atoms with E-state index in [4.69, 9.17) is 11.6 Å². The van der Waals surface area contributed by atoms with Crippen molar-refractivity contribution >= 4 is 38.6 Å². The predicted octanol–water partition coefficient (Wildman–Crippen LogP) is 4.26. The normalized spacial score (nSPS) is 11.9. The van der Waals surface area contributed by atoms with E-state index in [2.05, 4.69) is 4.98 Å². The minimum atomic E-state index is -3.68. The molecule has 0 aliphatic carbocycles. The first-order valence-electron chi connectivity index (χ1n) is 6.93. The van der Waals surface area contributed by atoms with E-state index in [1.807, 2.05) is 26.8 Å². The molecule has 1 aromatic carbocycles. The predicted molar refractivity (Wildman–Crippen MR) is 92.4 cm³/mol. The number of aryl methyl sites for hydroxylation is 2. The number of thiazole rings is 1. The third-order valence-electron chi connectivity index (χ3n) is 3.08. The van der Waals surface area contributed by atoms with Crippen LogP contribution in [0, 0.1) is 19.8 Å². The summed E-state index contributed by atoms with van der Waals surface area (Å²) < 4.78 is 27.3. The highest BCUT2D eigenvalue weighted by Gasteiger charge is 2.28. The number of aromatic nitrogens is 1. The van der Waals surface area contributed by atoms with Crippen molar-refractivity contribution in [2.24, 2.45) is 5.92 Å². The van der Waals surface area contributed by atoms with Gasteiger partial charge in [-0.05, 0) is 37.5 Å². The number of rotatable bonds is 5. The van der Waals surface area contributed by atoms with Crippen LogP contribution >= 0.6 is 22.9 Å². The summed E-state index contributed by atoms with van der Waals surface area (Å²) in [6, 6.07) is 5.30. The van der Waals surface area contributed by atoms with Crippen molar-refractivity contribution in [3.63, 3.8) is 0 Å². The van der Waals surface area contributed by atoms with Crippen LogP contribution in [0.15, 0.2) is 27.9 Å². The molecule has 1 heterocycles. The zero-order valence-electron chi connectivity index (χ0n) is 13.0. The van der Waals surface area contributed by atoms with Crippen LogP contribution in [0.3, 0.4) is 0 Å². The molecular weight excluding hydrogens is 340 g/mol. The Morgan fingerprint density at radius 3 is 2.50 bits per heavy atom. The molecule has 2 rings (SSSR count). The number of hydrogen-bond acceptors (Lipinski definition) is 4. The fraction of sp³-hybridized carbons (Fsp3) is 0.400. The largest absolute Gasteiger partial charge is 0.291 e. The Morgan fingerprint density at radius 2 is 2.00 bits per heavy atom. The van der Waals surface area contributed by atoms with Crippen LogP contribution in [-0.4, -0.2) is 19.9 Å². The van der Waals surface area contributed by atoms with E-state index < -0.39 is 10.0 Å². The van der Waals surface area contributed by atoms with Gasteiger partial charge in [0.05, 0.1) is 5.69 Å². The first-order valence-corrected chi connectivity index (χ1v) is 9.62. The topological polar surface area (TPSA) is 50.3 Å². The molecule has 0 aliphatic rings. The molecule has 120 valence electrons. The lowest BCUT2D eigenvalue weighted by molar-refractivity contribution is 0.577. The van der Waals surface area contributed by atoms with Crippen molar-refractivity contribution in [3.8, 4) is 0 Å². The number of hydrogen-bond donors (Lipinski definition) is 0. The Morgan fingerprint density at radius 1 is 1.32 bits per heavy atom. The monoisotopic (exact) mass is 358 g/mol. The zero-order valence-corrected chi connectivity index (χ0v) is 15.4. The van der Waals surface area contributed by atoms with Crippen LogP contribution in [0.1, 0.15) is 25.1 Å². The van der Waals surface area contributed by atoms with Gasteiger partial charge < -0.3 is 0 Å². The summed E-state index contributed by atoms with van der Waals surface area (Å²) in [6.45, 7) is 8.00. The maximum atomic E-state index is 12.9. The van der Waals surface area contributed by atoms with Crippen LogP contribution in [0.4, 0.5) is 5.69 Å². The summed E-state index contributed by atoms with van der Waals surface area (Å²) in [4.78, 5) is 4.13. The number of benzene rings is 1. The molecule has 0 amide bonds. The second kappa shape index (κ2) is 6.56. The molecule has 0 unspecified atom stereocenters. The van der Waals surface area contributed by atoms with Gasteiger partial charge in [-0.3, -0.25) is 4.31 Å². The van der Waals surface area contributed by atoms with Crippen LogP contribution in [0.25, 0.3) is 0 Å². The fourth-order valence-electron chi connectivity index (χ4n) is 1.96. The highest BCUT2D eigenvalue weighted by Crippen LogP contribution is 2.29. The average Bonchev–Trinajstić information content (AvgIpc) is 2.86. The Bertz CT molecular complexity index is 770. The Hall–Kier alpha value is -1.11. The van der Waals surface area contributed by atoms with Crippen LogP contribution in [0.5, 0.6) is 0 Å². The van der Waals surface area contributed by atoms with Gasteiger partial charge in [-0.1, -0.05) is 31.5 Å². The number of anilines is 1. The summed E-state index contributed by atoms with van der Waals surface area (Å²) in [7, 11) is -3.68. The molecule has 0 N–H and O–H groups in total. The molecule has 4 nitrogen and oxygen atoms in total. The van der Waals surface area contributed by atoms with Crippen LogP contribution in [-0.2, 0) is 10.0 Å². The number of nitrogens with zero attached hydrogens (tertiary/aromatic N) is 2. The molecule has 7 heteroatoms. The highest BCUT2D eigenvalue weighted by atomic mass is 35.5. The first-order chi connectivity index (χ1) is 10.2. The quantitative estimate of drug-likeness (QED) is 0.802. The van der Waals surface area contributed by atoms with E-state index in [-0.39, 0.29) is 10.3 Å². The molecule has 0 atom stereocenters. The summed E-state index contributed by atoms with van der Waals surface area (Å²) >= 11 is 7.30. The second-order valence-corrected chi connectivity index (χ2v) is 8.92. The summed E-state index contributed by atoms with van der Waals surface area (Å²) in [6.07, 6.45) is 0. The van der Waals surface area contributed by atoms with Crippen molar-refractivity contribution in [2.45, 2.75) is 32.0 Å². The summed E-state index contributed by atoms with van der Waals surface area (Å²) in [5.41, 5.74) is 2.18. The lowest BCUT2D eigenvalue weighted by Crippen LogP contribution is -2.34. The van der Waals surface area contributed by atoms with Crippen molar-refractivity contribution < 1.29 is 8.42 Å². The van der Waals surface area contributed by atoms with E-state index in [1.54, 1.807) is 24.4 Å². The van der Waals surface area contributed by atoms with Gasteiger partial charge in [-0.2, -0.15) is 8.42 Å². The molecule has 0 aliphatic heterocycles. The maximum Gasteiger partial charge on any atom is 0.291 e. The molecular formula is C15H19ClN2O2S2. The van der Waals surface area contributed by atoms with Crippen molar-refractivity contribution in [1.82, 2.24) is 4.98 Å². The van der Waals surface area contributed by atoms with Crippen LogP contribution in [0.2, 0.25) is 5.02 Å². The van der Waals surface area contributed by atoms with E-state index in [9.17, 15) is 8.42 Å². The van der Waals surface area contributed by atoms with Gasteiger partial charge in [0.15, 0.2) is 0 Å². The third-order valence-corrected chi connectivity index (χ3v) is 6.64. The molecule has 0 saturated heterocycles. The molecule has 0 saturated carbocycles. The smallest absolute Gasteiger partial charge is 0.264 e. The van der Waals surface area contributed by atoms with Gasteiger partial charge in [0, 0.05) is 22.6 Å². The highest BCUT2D eigenvalue weighted by molar-refractivity contribution is 7.94. The van der Waals surface area contributed by atoms with Gasteiger partial charge in [0.1, 0.15) is 0 Å². The van der Waals surface area contributed by atoms with E-state index >= 15 is 0 Å². The molecule has 0 radical (unpaired) electrons. The van der Waals surface area contributed by atoms with Crippen molar-refractivity contribution in [3.05, 3.63) is 39.9 Å². The van der Waals surface area contributed by atoms with Gasteiger partial charge in [0.2, 0.25) is 4.34 Å². The van der Waals surface area contributed by atoms with Gasteiger partial charge in [-0.25, -0.2) is 4.98 Å². The van der Waals surface area contributed by atoms with Crippen LogP contribution < -0.4 is 4.31 Å². The van der Waals surface area contributed by atoms with E-state index in [1.165, 1.54) is 4.31 Å². The zero-order chi connectivity index (χ0) is 16.5.